The van der Waals surface area contributed by atoms with Crippen LogP contribution in [0.25, 0.3) is 39.0 Å². The number of rotatable bonds is 5. The smallest absolute Gasteiger partial charge is 0.328 e. The van der Waals surface area contributed by atoms with Crippen LogP contribution in [0.15, 0.2) is 59.0 Å². The standard InChI is InChI=1S/C26H22N4O4/c1-29(2)16-6-9-19-23(12-16)34-24-13-17(30(3)4)7-10-20(24)25(19)18-8-5-15(26(32)33)11-21(18)22(31)14-28-27/h5-14H,1-4H3. The van der Waals surface area contributed by atoms with Crippen molar-refractivity contribution < 1.29 is 23.9 Å². The molecule has 2 aromatic carbocycles. The zero-order valence-electron chi connectivity index (χ0n) is 19.2. The highest BCUT2D eigenvalue weighted by Crippen LogP contribution is 2.42. The summed E-state index contributed by atoms with van der Waals surface area (Å²) < 4.78 is 8.25. The van der Waals surface area contributed by atoms with Gasteiger partial charge in [0.1, 0.15) is 25.4 Å². The molecular formula is C26H22N4O4. The number of carbonyl (C=O) groups excluding carboxylic acids is 2. The van der Waals surface area contributed by atoms with E-state index in [0.29, 0.717) is 22.5 Å². The van der Waals surface area contributed by atoms with Gasteiger partial charge in [0, 0.05) is 54.0 Å². The van der Waals surface area contributed by atoms with Crippen molar-refractivity contribution in [1.29, 1.82) is 0 Å². The topological polar surface area (TPSA) is 113 Å². The monoisotopic (exact) mass is 454 g/mol. The maximum Gasteiger partial charge on any atom is 0.328 e. The number of Topliss-reactive ketones (excluding diaryl/α,β-unsaturated/α-hetero) is 1. The summed E-state index contributed by atoms with van der Waals surface area (Å²) in [6.07, 6.45) is 0.740. The lowest BCUT2D eigenvalue weighted by molar-refractivity contribution is -0.255. The quantitative estimate of drug-likeness (QED) is 0.115. The fraction of sp³-hybridized carbons (Fsp3) is 0.154. The summed E-state index contributed by atoms with van der Waals surface area (Å²) in [6.45, 7) is 0. The molecule has 0 N–H and O–H groups in total. The average Bonchev–Trinajstić information content (AvgIpc) is 2.81. The second-order valence-electron chi connectivity index (χ2n) is 8.28. The summed E-state index contributed by atoms with van der Waals surface area (Å²) in [7, 11) is 7.71. The number of nitrogens with zero attached hydrogens (tertiary/aromatic N) is 4. The first-order valence-electron chi connectivity index (χ1n) is 10.5. The number of fused-ring (bicyclic) bond motifs is 2. The number of benzene rings is 3. The highest BCUT2D eigenvalue weighted by Gasteiger charge is 2.23. The minimum absolute atomic E-state index is 0.0710. The van der Waals surface area contributed by atoms with E-state index in [9.17, 15) is 14.7 Å². The first kappa shape index (κ1) is 22.6. The van der Waals surface area contributed by atoms with Crippen LogP contribution in [0.3, 0.4) is 0 Å². The predicted molar refractivity (Wildman–Crippen MR) is 128 cm³/mol. The van der Waals surface area contributed by atoms with Crippen molar-refractivity contribution in [2.45, 2.75) is 0 Å². The minimum atomic E-state index is -1.41. The number of aromatic carboxylic acids is 1. The molecule has 0 bridgehead atoms. The molecule has 8 heteroatoms. The molecule has 8 nitrogen and oxygen atoms in total. The molecule has 34 heavy (non-hydrogen) atoms. The second-order valence-corrected chi connectivity index (χ2v) is 8.28. The van der Waals surface area contributed by atoms with Crippen molar-refractivity contribution in [3.63, 3.8) is 0 Å². The van der Waals surface area contributed by atoms with Gasteiger partial charge >= 0.3 is 6.21 Å². The third-order valence-corrected chi connectivity index (χ3v) is 5.69. The van der Waals surface area contributed by atoms with Crippen molar-refractivity contribution in [3.05, 3.63) is 76.6 Å². The Balaban J connectivity index is 2.18. The molecule has 0 fully saturated rings. The van der Waals surface area contributed by atoms with Crippen LogP contribution in [0.1, 0.15) is 20.7 Å². The molecule has 2 aliphatic rings. The molecule has 0 atom stereocenters. The van der Waals surface area contributed by atoms with Crippen molar-refractivity contribution >= 4 is 34.6 Å². The number of carboxylic acids is 1. The summed E-state index contributed by atoms with van der Waals surface area (Å²) in [5.74, 6) is -1.45. The van der Waals surface area contributed by atoms with E-state index in [1.807, 2.05) is 74.1 Å². The number of hydrogen-bond donors (Lipinski definition) is 0. The van der Waals surface area contributed by atoms with Gasteiger partial charge in [-0.3, -0.25) is 4.79 Å². The predicted octanol–water partition coefficient (Wildman–Crippen LogP) is 2.15. The molecule has 2 aromatic rings. The van der Waals surface area contributed by atoms with Gasteiger partial charge in [0.15, 0.2) is 0 Å². The van der Waals surface area contributed by atoms with E-state index in [4.69, 9.17) is 9.95 Å². The van der Waals surface area contributed by atoms with Gasteiger partial charge in [-0.2, -0.15) is 4.79 Å². The van der Waals surface area contributed by atoms with Gasteiger partial charge in [-0.1, -0.05) is 12.1 Å². The molecule has 0 unspecified atom stereocenters. The first-order valence-corrected chi connectivity index (χ1v) is 10.5. The lowest BCUT2D eigenvalue weighted by Gasteiger charge is -2.19. The Morgan fingerprint density at radius 2 is 1.76 bits per heavy atom. The van der Waals surface area contributed by atoms with E-state index in [1.165, 1.54) is 12.1 Å². The van der Waals surface area contributed by atoms with E-state index in [1.54, 1.807) is 6.07 Å². The van der Waals surface area contributed by atoms with E-state index in [-0.39, 0.29) is 11.1 Å². The number of hydrogen-bond acceptors (Lipinski definition) is 5. The van der Waals surface area contributed by atoms with Crippen LogP contribution in [0.2, 0.25) is 0 Å². The zero-order chi connectivity index (χ0) is 24.6. The van der Waals surface area contributed by atoms with Crippen LogP contribution in [0.4, 0.5) is 5.69 Å². The highest BCUT2D eigenvalue weighted by molar-refractivity contribution is 6.35. The molecule has 0 spiro atoms. The lowest BCUT2D eigenvalue weighted by Crippen LogP contribution is -2.23. The highest BCUT2D eigenvalue weighted by atomic mass is 16.4. The second kappa shape index (κ2) is 8.77. The normalized spacial score (nSPS) is 10.7. The van der Waals surface area contributed by atoms with E-state index < -0.39 is 11.8 Å². The Hall–Kier alpha value is -4.55. The molecule has 1 aliphatic heterocycles. The Morgan fingerprint density at radius 3 is 2.41 bits per heavy atom. The van der Waals surface area contributed by atoms with Crippen molar-refractivity contribution in [2.75, 3.05) is 33.1 Å². The van der Waals surface area contributed by atoms with Gasteiger partial charge in [0.05, 0.1) is 12.0 Å². The molecule has 1 aliphatic carbocycles. The molecule has 4 rings (SSSR count). The van der Waals surface area contributed by atoms with Gasteiger partial charge in [0.25, 0.3) is 5.78 Å². The summed E-state index contributed by atoms with van der Waals surface area (Å²) in [5, 5.41) is 13.2. The third kappa shape index (κ3) is 3.98. The molecule has 1 heterocycles. The Bertz CT molecular complexity index is 1560. The van der Waals surface area contributed by atoms with Crippen LogP contribution >= 0.6 is 0 Å². The summed E-state index contributed by atoms with van der Waals surface area (Å²) in [5.41, 5.74) is 12.3. The van der Waals surface area contributed by atoms with Crippen molar-refractivity contribution in [3.8, 4) is 22.5 Å². The van der Waals surface area contributed by atoms with Crippen LogP contribution in [-0.4, -0.2) is 50.9 Å². The number of carboxylic acid groups (broad SMARTS) is 1. The summed E-state index contributed by atoms with van der Waals surface area (Å²) >= 11 is 0. The molecule has 0 amide bonds. The Kier molecular flexibility index (Phi) is 5.84. The van der Waals surface area contributed by atoms with E-state index >= 15 is 0 Å². The molecule has 0 aromatic heterocycles. The van der Waals surface area contributed by atoms with Gasteiger partial charge < -0.3 is 24.7 Å². The molecule has 0 radical (unpaired) electrons. The molecule has 0 saturated carbocycles. The summed E-state index contributed by atoms with van der Waals surface area (Å²) in [4.78, 5) is 29.1. The SMILES string of the molecule is CN(C)c1ccc2c(-c3ccc(C(=O)[O-])cc3C(=O)C=[N+]=[N-])c3ccc(=[N+](C)C)cc-3oc2c1. The minimum Gasteiger partial charge on any atom is -0.545 e. The van der Waals surface area contributed by atoms with E-state index in [2.05, 4.69) is 4.79 Å². The number of anilines is 1. The maximum absolute atomic E-state index is 12.8. The lowest BCUT2D eigenvalue weighted by atomic mass is 9.88. The van der Waals surface area contributed by atoms with Crippen molar-refractivity contribution in [1.82, 2.24) is 4.58 Å². The van der Waals surface area contributed by atoms with Crippen LogP contribution < -0.4 is 19.9 Å². The molecular weight excluding hydrogens is 432 g/mol. The van der Waals surface area contributed by atoms with Crippen LogP contribution in [0, 0.1) is 0 Å². The maximum atomic E-state index is 12.8. The van der Waals surface area contributed by atoms with Gasteiger partial charge in [-0.25, -0.2) is 4.58 Å². The third-order valence-electron chi connectivity index (χ3n) is 5.69. The number of carbonyl (C=O) groups is 2. The fourth-order valence-electron chi connectivity index (χ4n) is 3.93. The van der Waals surface area contributed by atoms with Gasteiger partial charge in [-0.05, 0) is 35.4 Å². The zero-order valence-corrected chi connectivity index (χ0v) is 19.2. The summed E-state index contributed by atoms with van der Waals surface area (Å²) in [6, 6.07) is 15.7. The Labute approximate surface area is 195 Å². The van der Waals surface area contributed by atoms with Gasteiger partial charge in [0.2, 0.25) is 5.36 Å². The van der Waals surface area contributed by atoms with Crippen LogP contribution in [-0.2, 0) is 0 Å². The van der Waals surface area contributed by atoms with E-state index in [0.717, 1.165) is 28.2 Å². The Morgan fingerprint density at radius 1 is 1.03 bits per heavy atom. The average molecular weight is 454 g/mol. The van der Waals surface area contributed by atoms with Crippen molar-refractivity contribution in [2.24, 2.45) is 0 Å². The first-order chi connectivity index (χ1) is 16.2. The molecule has 170 valence electrons. The molecule has 0 saturated heterocycles. The van der Waals surface area contributed by atoms with Crippen LogP contribution in [0.5, 0.6) is 0 Å². The fourth-order valence-corrected chi connectivity index (χ4v) is 3.93. The largest absolute Gasteiger partial charge is 0.545 e. The number of ketones is 1. The van der Waals surface area contributed by atoms with Gasteiger partial charge in [-0.15, -0.1) is 0 Å².